The highest BCUT2D eigenvalue weighted by molar-refractivity contribution is 6.11. The second kappa shape index (κ2) is 16.7. The minimum absolute atomic E-state index is 0.516. The molecule has 0 spiro atoms. The first-order chi connectivity index (χ1) is 34.2. The van der Waals surface area contributed by atoms with Gasteiger partial charge in [-0.1, -0.05) is 212 Å². The fourth-order valence-corrected chi connectivity index (χ4v) is 11.2. The first-order valence-corrected chi connectivity index (χ1v) is 23.8. The van der Waals surface area contributed by atoms with Crippen molar-refractivity contribution in [1.82, 2.24) is 4.57 Å². The van der Waals surface area contributed by atoms with Crippen molar-refractivity contribution in [2.75, 3.05) is 4.90 Å². The van der Waals surface area contributed by atoms with Gasteiger partial charge in [0, 0.05) is 33.4 Å². The number of fused-ring (bicyclic) bond motifs is 6. The summed E-state index contributed by atoms with van der Waals surface area (Å²) < 4.78 is 2.42. The summed E-state index contributed by atoms with van der Waals surface area (Å²) in [7, 11) is 0. The van der Waals surface area contributed by atoms with Crippen molar-refractivity contribution in [2.45, 2.75) is 5.41 Å². The van der Waals surface area contributed by atoms with Gasteiger partial charge in [-0.05, 0) is 128 Å². The van der Waals surface area contributed by atoms with Crippen LogP contribution in [0.15, 0.2) is 279 Å². The minimum Gasteiger partial charge on any atom is -0.310 e. The lowest BCUT2D eigenvalue weighted by Gasteiger charge is -2.35. The topological polar surface area (TPSA) is 8.17 Å². The molecule has 2 nitrogen and oxygen atoms in total. The van der Waals surface area contributed by atoms with Gasteiger partial charge in [-0.25, -0.2) is 0 Å². The standard InChI is InChI=1S/C67H46N2/c1-6-21-47(22-7-1)49-38-42-65-61(44-49)60-40-37-50(45-66(60)69(65)55-31-14-5-15-32-55)48-23-20-24-51(43-48)57-33-17-19-36-64(57)68(54-29-12-4-13-30-54)56-39-41-59-58-34-16-18-35-62(58)67(63(59)46-56,52-25-8-2-9-26-52)53-27-10-3-11-28-53/h1-46H. The van der Waals surface area contributed by atoms with Crippen LogP contribution in [0.3, 0.4) is 0 Å². The van der Waals surface area contributed by atoms with Crippen LogP contribution in [0.2, 0.25) is 0 Å². The Bertz CT molecular complexity index is 3780. The zero-order chi connectivity index (χ0) is 45.7. The van der Waals surface area contributed by atoms with Crippen molar-refractivity contribution in [2.24, 2.45) is 0 Å². The van der Waals surface area contributed by atoms with Gasteiger partial charge in [-0.2, -0.15) is 0 Å². The zero-order valence-electron chi connectivity index (χ0n) is 38.0. The molecule has 0 atom stereocenters. The second-order valence-corrected chi connectivity index (χ2v) is 18.0. The van der Waals surface area contributed by atoms with Gasteiger partial charge in [-0.15, -0.1) is 0 Å². The van der Waals surface area contributed by atoms with Gasteiger partial charge in [-0.3, -0.25) is 0 Å². The number of hydrogen-bond donors (Lipinski definition) is 0. The summed E-state index contributed by atoms with van der Waals surface area (Å²) in [5.74, 6) is 0. The van der Waals surface area contributed by atoms with Crippen LogP contribution in [0.25, 0.3) is 72.0 Å². The number of rotatable bonds is 9. The fraction of sp³-hybridized carbons (Fsp3) is 0.0149. The van der Waals surface area contributed by atoms with Crippen LogP contribution in [0, 0.1) is 0 Å². The molecular formula is C67H46N2. The molecule has 0 N–H and O–H groups in total. The van der Waals surface area contributed by atoms with Crippen molar-refractivity contribution in [3.8, 4) is 50.2 Å². The van der Waals surface area contributed by atoms with E-state index in [1.54, 1.807) is 0 Å². The van der Waals surface area contributed by atoms with E-state index in [4.69, 9.17) is 0 Å². The summed E-state index contributed by atoms with van der Waals surface area (Å²) in [5.41, 5.74) is 21.0. The summed E-state index contributed by atoms with van der Waals surface area (Å²) in [6, 6.07) is 102. The van der Waals surface area contributed by atoms with Crippen molar-refractivity contribution in [3.63, 3.8) is 0 Å². The van der Waals surface area contributed by atoms with Crippen LogP contribution in [0.5, 0.6) is 0 Å². The van der Waals surface area contributed by atoms with Crippen molar-refractivity contribution in [1.29, 1.82) is 0 Å². The van der Waals surface area contributed by atoms with Crippen LogP contribution in [-0.4, -0.2) is 4.57 Å². The van der Waals surface area contributed by atoms with Crippen LogP contribution >= 0.6 is 0 Å². The van der Waals surface area contributed by atoms with Crippen molar-refractivity contribution in [3.05, 3.63) is 301 Å². The molecule has 2 heteroatoms. The smallest absolute Gasteiger partial charge is 0.0714 e. The number of anilines is 3. The largest absolute Gasteiger partial charge is 0.310 e. The lowest BCUT2D eigenvalue weighted by Crippen LogP contribution is -2.28. The maximum absolute atomic E-state index is 2.46. The van der Waals surface area contributed by atoms with Crippen molar-refractivity contribution >= 4 is 38.9 Å². The molecule has 0 unspecified atom stereocenters. The van der Waals surface area contributed by atoms with Gasteiger partial charge in [0.05, 0.1) is 22.1 Å². The number of para-hydroxylation sites is 3. The number of benzene rings is 11. The molecule has 69 heavy (non-hydrogen) atoms. The molecule has 11 aromatic carbocycles. The third-order valence-electron chi connectivity index (χ3n) is 14.3. The third-order valence-corrected chi connectivity index (χ3v) is 14.3. The lowest BCUT2D eigenvalue weighted by molar-refractivity contribution is 0.768. The third kappa shape index (κ3) is 6.64. The minimum atomic E-state index is -0.516. The van der Waals surface area contributed by atoms with E-state index in [-0.39, 0.29) is 0 Å². The molecule has 0 saturated carbocycles. The van der Waals surface area contributed by atoms with Crippen LogP contribution in [-0.2, 0) is 5.41 Å². The summed E-state index contributed by atoms with van der Waals surface area (Å²) >= 11 is 0. The predicted molar refractivity (Wildman–Crippen MR) is 289 cm³/mol. The Labute approximate surface area is 403 Å². The van der Waals surface area contributed by atoms with E-state index in [1.807, 2.05) is 0 Å². The quantitative estimate of drug-likeness (QED) is 0.140. The van der Waals surface area contributed by atoms with Crippen LogP contribution < -0.4 is 4.90 Å². The summed E-state index contributed by atoms with van der Waals surface area (Å²) in [4.78, 5) is 2.44. The Kier molecular flexibility index (Phi) is 9.77. The predicted octanol–water partition coefficient (Wildman–Crippen LogP) is 17.6. The molecule has 0 saturated heterocycles. The Hall–Kier alpha value is -8.98. The molecule has 324 valence electrons. The van der Waals surface area contributed by atoms with Crippen LogP contribution in [0.1, 0.15) is 22.3 Å². The molecule has 12 aromatic rings. The van der Waals surface area contributed by atoms with E-state index < -0.39 is 5.41 Å². The zero-order valence-corrected chi connectivity index (χ0v) is 38.0. The number of hydrogen-bond acceptors (Lipinski definition) is 1. The average molecular weight is 879 g/mol. The number of aromatic nitrogens is 1. The molecule has 0 fully saturated rings. The maximum atomic E-state index is 2.46. The van der Waals surface area contributed by atoms with E-state index >= 15 is 0 Å². The Balaban J connectivity index is 0.966. The first kappa shape index (κ1) is 40.3. The molecule has 0 radical (unpaired) electrons. The normalized spacial score (nSPS) is 12.5. The average Bonchev–Trinajstić information content (AvgIpc) is 3.92. The molecule has 1 aliphatic carbocycles. The first-order valence-electron chi connectivity index (χ1n) is 23.8. The molecule has 13 rings (SSSR count). The van der Waals surface area contributed by atoms with Gasteiger partial charge in [0.1, 0.15) is 0 Å². The van der Waals surface area contributed by atoms with E-state index in [2.05, 4.69) is 289 Å². The second-order valence-electron chi connectivity index (χ2n) is 18.0. The maximum Gasteiger partial charge on any atom is 0.0714 e. The number of nitrogens with zero attached hydrogens (tertiary/aromatic N) is 2. The Morgan fingerprint density at radius 3 is 1.58 bits per heavy atom. The van der Waals surface area contributed by atoms with E-state index in [0.29, 0.717) is 0 Å². The van der Waals surface area contributed by atoms with E-state index in [0.717, 1.165) is 39.4 Å². The van der Waals surface area contributed by atoms with Gasteiger partial charge >= 0.3 is 0 Å². The lowest BCUT2D eigenvalue weighted by atomic mass is 9.67. The molecule has 0 amide bonds. The fourth-order valence-electron chi connectivity index (χ4n) is 11.2. The molecule has 0 bridgehead atoms. The Morgan fingerprint density at radius 1 is 0.290 bits per heavy atom. The molecule has 0 aliphatic heterocycles. The Morgan fingerprint density at radius 2 is 0.841 bits per heavy atom. The van der Waals surface area contributed by atoms with Gasteiger partial charge in [0.25, 0.3) is 0 Å². The highest BCUT2D eigenvalue weighted by Crippen LogP contribution is 2.57. The van der Waals surface area contributed by atoms with Gasteiger partial charge in [0.2, 0.25) is 0 Å². The monoisotopic (exact) mass is 878 g/mol. The highest BCUT2D eigenvalue weighted by Gasteiger charge is 2.46. The van der Waals surface area contributed by atoms with Crippen LogP contribution in [0.4, 0.5) is 17.1 Å². The van der Waals surface area contributed by atoms with E-state index in [9.17, 15) is 0 Å². The SMILES string of the molecule is c1ccc(-c2ccc3c(c2)c2ccc(-c4cccc(-c5ccccc5N(c5ccccc5)c5ccc6c(c5)C(c5ccccc5)(c5ccccc5)c5ccccc5-6)c4)cc2n3-c2ccccc2)cc1. The highest BCUT2D eigenvalue weighted by atomic mass is 15.1. The van der Waals surface area contributed by atoms with Gasteiger partial charge in [0.15, 0.2) is 0 Å². The van der Waals surface area contributed by atoms with E-state index in [1.165, 1.54) is 71.9 Å². The summed E-state index contributed by atoms with van der Waals surface area (Å²) in [6.45, 7) is 0. The molecule has 1 heterocycles. The molecular weight excluding hydrogens is 833 g/mol. The van der Waals surface area contributed by atoms with Crippen molar-refractivity contribution < 1.29 is 0 Å². The van der Waals surface area contributed by atoms with Gasteiger partial charge < -0.3 is 9.47 Å². The molecule has 1 aromatic heterocycles. The summed E-state index contributed by atoms with van der Waals surface area (Å²) in [6.07, 6.45) is 0. The summed E-state index contributed by atoms with van der Waals surface area (Å²) in [5, 5.41) is 2.47. The molecule has 1 aliphatic rings.